The maximum atomic E-state index is 13.0. The van der Waals surface area contributed by atoms with Gasteiger partial charge in [0.1, 0.15) is 6.61 Å². The number of hydrogen-bond acceptors (Lipinski definition) is 6. The van der Waals surface area contributed by atoms with Crippen molar-refractivity contribution in [1.29, 1.82) is 0 Å². The summed E-state index contributed by atoms with van der Waals surface area (Å²) < 4.78 is 16.6. The molecule has 0 unspecified atom stereocenters. The lowest BCUT2D eigenvalue weighted by Gasteiger charge is -2.35. The molecule has 2 N–H and O–H groups in total. The Hall–Kier alpha value is -2.64. The van der Waals surface area contributed by atoms with Gasteiger partial charge in [0.05, 0.1) is 19.1 Å². The van der Waals surface area contributed by atoms with E-state index in [9.17, 15) is 4.79 Å². The molecule has 150 valence electrons. The highest BCUT2D eigenvalue weighted by molar-refractivity contribution is 5.95. The molecule has 1 aliphatic heterocycles. The molecule has 0 spiro atoms. The zero-order valence-electron chi connectivity index (χ0n) is 16.4. The smallest absolute Gasteiger partial charge is 0.233 e. The van der Waals surface area contributed by atoms with Crippen LogP contribution in [0.5, 0.6) is 11.5 Å². The summed E-state index contributed by atoms with van der Waals surface area (Å²) in [4.78, 5) is 17.1. The number of pyridine rings is 1. The van der Waals surface area contributed by atoms with Crippen LogP contribution in [0.3, 0.4) is 0 Å². The zero-order chi connectivity index (χ0) is 19.8. The van der Waals surface area contributed by atoms with Crippen LogP contribution in [-0.2, 0) is 16.1 Å². The van der Waals surface area contributed by atoms with Gasteiger partial charge < -0.3 is 24.8 Å². The van der Waals surface area contributed by atoms with Gasteiger partial charge in [0.25, 0.3) is 0 Å². The molecule has 1 aromatic carbocycles. The average molecular weight is 385 g/mol. The van der Waals surface area contributed by atoms with Crippen molar-refractivity contribution in [3.05, 3.63) is 48.3 Å². The third kappa shape index (κ3) is 4.79. The summed E-state index contributed by atoms with van der Waals surface area (Å²) in [6, 6.07) is 9.20. The second-order valence-electron chi connectivity index (χ2n) is 6.93. The molecule has 28 heavy (non-hydrogen) atoms. The molecular weight excluding hydrogens is 358 g/mol. The van der Waals surface area contributed by atoms with E-state index in [1.807, 2.05) is 18.2 Å². The van der Waals surface area contributed by atoms with Crippen LogP contribution in [0.4, 0.5) is 5.69 Å². The first-order valence-corrected chi connectivity index (χ1v) is 9.38. The van der Waals surface area contributed by atoms with E-state index in [2.05, 4.69) is 15.6 Å². The molecule has 0 aliphatic carbocycles. The highest BCUT2D eigenvalue weighted by Gasteiger charge is 2.39. The molecule has 7 heteroatoms. The minimum atomic E-state index is -0.517. The Labute approximate surface area is 165 Å². The monoisotopic (exact) mass is 385 g/mol. The zero-order valence-corrected chi connectivity index (χ0v) is 16.4. The second kappa shape index (κ2) is 9.52. The van der Waals surface area contributed by atoms with Gasteiger partial charge in [-0.1, -0.05) is 6.07 Å². The Balaban J connectivity index is 1.73. The van der Waals surface area contributed by atoms with Gasteiger partial charge in [-0.15, -0.1) is 0 Å². The molecule has 3 rings (SSSR count). The summed E-state index contributed by atoms with van der Waals surface area (Å²) in [6.45, 7) is 2.37. The largest absolute Gasteiger partial charge is 0.493 e. The fraction of sp³-hybridized carbons (Fsp3) is 0.429. The van der Waals surface area contributed by atoms with Crippen LogP contribution in [0.25, 0.3) is 0 Å². The lowest BCUT2D eigenvalue weighted by molar-refractivity contribution is -0.130. The molecule has 7 nitrogen and oxygen atoms in total. The molecule has 2 heterocycles. The molecule has 1 aromatic heterocycles. The van der Waals surface area contributed by atoms with Gasteiger partial charge in [0.2, 0.25) is 5.91 Å². The van der Waals surface area contributed by atoms with Crippen molar-refractivity contribution >= 4 is 11.6 Å². The minimum Gasteiger partial charge on any atom is -0.493 e. The van der Waals surface area contributed by atoms with E-state index in [0.29, 0.717) is 30.4 Å². The lowest BCUT2D eigenvalue weighted by Crippen LogP contribution is -2.47. The number of carbonyl (C=O) groups excluding carboxylic acids is 1. The number of anilines is 1. The Bertz CT molecular complexity index is 771. The topological polar surface area (TPSA) is 81.7 Å². The second-order valence-corrected chi connectivity index (χ2v) is 6.93. The van der Waals surface area contributed by atoms with Crippen LogP contribution in [0.2, 0.25) is 0 Å². The molecule has 1 amide bonds. The number of carbonyl (C=O) groups is 1. The Morgan fingerprint density at radius 3 is 2.71 bits per heavy atom. The normalized spacial score (nSPS) is 15.6. The molecule has 1 aliphatic rings. The van der Waals surface area contributed by atoms with Crippen molar-refractivity contribution in [2.75, 3.05) is 39.2 Å². The van der Waals surface area contributed by atoms with E-state index in [1.165, 1.54) is 0 Å². The van der Waals surface area contributed by atoms with Gasteiger partial charge in [-0.05, 0) is 44.1 Å². The van der Waals surface area contributed by atoms with Crippen molar-refractivity contribution in [3.8, 4) is 11.5 Å². The van der Waals surface area contributed by atoms with Gasteiger partial charge in [0, 0.05) is 36.8 Å². The molecule has 0 bridgehead atoms. The summed E-state index contributed by atoms with van der Waals surface area (Å²) in [6.07, 6.45) is 4.96. The number of rotatable bonds is 8. The van der Waals surface area contributed by atoms with Gasteiger partial charge in [-0.25, -0.2) is 0 Å². The standard InChI is InChI=1S/C21H27N3O4/c1-26-15-21(7-10-22-11-8-21)20(25)24-17-5-6-18(27-2)19(12-17)28-14-16-4-3-9-23-13-16/h3-6,9,12-13,22H,7-8,10-11,14-15H2,1-2H3,(H,24,25). The predicted molar refractivity (Wildman–Crippen MR) is 107 cm³/mol. The molecule has 1 saturated heterocycles. The molecule has 0 saturated carbocycles. The third-order valence-corrected chi connectivity index (χ3v) is 5.00. The van der Waals surface area contributed by atoms with E-state index >= 15 is 0 Å². The summed E-state index contributed by atoms with van der Waals surface area (Å²) in [5.74, 6) is 1.14. The maximum Gasteiger partial charge on any atom is 0.233 e. The van der Waals surface area contributed by atoms with Crippen molar-refractivity contribution in [2.45, 2.75) is 19.4 Å². The fourth-order valence-corrected chi connectivity index (χ4v) is 3.39. The van der Waals surface area contributed by atoms with E-state index < -0.39 is 5.41 Å². The maximum absolute atomic E-state index is 13.0. The van der Waals surface area contributed by atoms with Gasteiger partial charge in [-0.2, -0.15) is 0 Å². The third-order valence-electron chi connectivity index (χ3n) is 5.00. The number of benzene rings is 1. The molecule has 0 radical (unpaired) electrons. The number of hydrogen-bond donors (Lipinski definition) is 2. The van der Waals surface area contributed by atoms with Crippen LogP contribution in [0, 0.1) is 5.41 Å². The number of piperidine rings is 1. The Kier molecular flexibility index (Phi) is 6.84. The van der Waals surface area contributed by atoms with Gasteiger partial charge in [0.15, 0.2) is 11.5 Å². The Morgan fingerprint density at radius 1 is 1.21 bits per heavy atom. The van der Waals surface area contributed by atoms with E-state index in [0.717, 1.165) is 31.5 Å². The van der Waals surface area contributed by atoms with E-state index in [4.69, 9.17) is 14.2 Å². The first-order chi connectivity index (χ1) is 13.7. The summed E-state index contributed by atoms with van der Waals surface area (Å²) in [5, 5.41) is 6.33. The fourth-order valence-electron chi connectivity index (χ4n) is 3.39. The van der Waals surface area contributed by atoms with Crippen LogP contribution in [-0.4, -0.2) is 44.8 Å². The molecule has 2 aromatic rings. The van der Waals surface area contributed by atoms with Gasteiger partial charge in [-0.3, -0.25) is 9.78 Å². The SMILES string of the molecule is COCC1(C(=O)Nc2ccc(OC)c(OCc3cccnc3)c2)CCNCC1. The molecular formula is C21H27N3O4. The minimum absolute atomic E-state index is 0.0285. The number of amides is 1. The first-order valence-electron chi connectivity index (χ1n) is 9.38. The van der Waals surface area contributed by atoms with Crippen molar-refractivity contribution < 1.29 is 19.0 Å². The van der Waals surface area contributed by atoms with Crippen molar-refractivity contribution in [3.63, 3.8) is 0 Å². The number of nitrogens with zero attached hydrogens (tertiary/aromatic N) is 1. The van der Waals surface area contributed by atoms with Crippen LogP contribution >= 0.6 is 0 Å². The van der Waals surface area contributed by atoms with Crippen LogP contribution < -0.4 is 20.1 Å². The lowest BCUT2D eigenvalue weighted by atomic mass is 9.78. The van der Waals surface area contributed by atoms with Gasteiger partial charge >= 0.3 is 0 Å². The highest BCUT2D eigenvalue weighted by Crippen LogP contribution is 2.34. The average Bonchev–Trinajstić information content (AvgIpc) is 2.74. The molecule has 1 fully saturated rings. The highest BCUT2D eigenvalue weighted by atomic mass is 16.5. The Morgan fingerprint density at radius 2 is 2.04 bits per heavy atom. The van der Waals surface area contributed by atoms with Crippen LogP contribution in [0.1, 0.15) is 18.4 Å². The predicted octanol–water partition coefficient (Wildman–Crippen LogP) is 2.62. The summed E-state index contributed by atoms with van der Waals surface area (Å²) in [5.41, 5.74) is 1.10. The number of nitrogens with one attached hydrogen (secondary N) is 2. The summed E-state index contributed by atoms with van der Waals surface area (Å²) >= 11 is 0. The summed E-state index contributed by atoms with van der Waals surface area (Å²) in [7, 11) is 3.22. The van der Waals surface area contributed by atoms with Crippen molar-refractivity contribution in [1.82, 2.24) is 10.3 Å². The quantitative estimate of drug-likeness (QED) is 0.727. The van der Waals surface area contributed by atoms with Crippen LogP contribution in [0.15, 0.2) is 42.7 Å². The van der Waals surface area contributed by atoms with E-state index in [-0.39, 0.29) is 5.91 Å². The number of ether oxygens (including phenoxy) is 3. The van der Waals surface area contributed by atoms with E-state index in [1.54, 1.807) is 38.7 Å². The number of methoxy groups -OCH3 is 2. The number of aromatic nitrogens is 1. The molecule has 0 atom stereocenters. The van der Waals surface area contributed by atoms with Crippen molar-refractivity contribution in [2.24, 2.45) is 5.41 Å². The first kappa shape index (κ1) is 20.1.